The normalized spacial score (nSPS) is 11.9. The van der Waals surface area contributed by atoms with Crippen molar-refractivity contribution in [2.75, 3.05) is 7.11 Å². The van der Waals surface area contributed by atoms with E-state index in [9.17, 15) is 13.6 Å². The molecule has 2 aromatic rings. The van der Waals surface area contributed by atoms with E-state index in [1.807, 2.05) is 25.1 Å². The maximum Gasteiger partial charge on any atom is 0.251 e. The summed E-state index contributed by atoms with van der Waals surface area (Å²) in [6.07, 6.45) is 0. The summed E-state index contributed by atoms with van der Waals surface area (Å²) < 4.78 is 31.4. The first-order chi connectivity index (χ1) is 10.4. The number of methoxy groups -OCH3 is 1. The quantitative estimate of drug-likeness (QED) is 0.933. The van der Waals surface area contributed by atoms with Crippen LogP contribution in [-0.4, -0.2) is 13.0 Å². The van der Waals surface area contributed by atoms with Gasteiger partial charge < -0.3 is 10.1 Å². The summed E-state index contributed by atoms with van der Waals surface area (Å²) >= 11 is 0. The molecule has 0 unspecified atom stereocenters. The van der Waals surface area contributed by atoms with Gasteiger partial charge in [-0.2, -0.15) is 0 Å². The van der Waals surface area contributed by atoms with Gasteiger partial charge in [0.15, 0.2) is 11.6 Å². The fourth-order valence-electron chi connectivity index (χ4n) is 2.19. The fourth-order valence-corrected chi connectivity index (χ4v) is 2.19. The number of benzene rings is 2. The first-order valence-corrected chi connectivity index (χ1v) is 6.83. The largest absolute Gasteiger partial charge is 0.496 e. The van der Waals surface area contributed by atoms with Gasteiger partial charge in [-0.05, 0) is 38.1 Å². The van der Waals surface area contributed by atoms with E-state index in [1.165, 1.54) is 6.07 Å². The minimum atomic E-state index is -1.05. The highest BCUT2D eigenvalue weighted by Gasteiger charge is 2.16. The van der Waals surface area contributed by atoms with Gasteiger partial charge in [-0.15, -0.1) is 0 Å². The van der Waals surface area contributed by atoms with Crippen LogP contribution in [0.1, 0.15) is 34.5 Å². The van der Waals surface area contributed by atoms with Crippen molar-refractivity contribution >= 4 is 5.91 Å². The third-order valence-corrected chi connectivity index (χ3v) is 3.38. The molecule has 1 atom stereocenters. The van der Waals surface area contributed by atoms with Gasteiger partial charge in [0.05, 0.1) is 13.2 Å². The van der Waals surface area contributed by atoms with Gasteiger partial charge in [0.2, 0.25) is 0 Å². The van der Waals surface area contributed by atoms with Gasteiger partial charge in [-0.3, -0.25) is 4.79 Å². The first-order valence-electron chi connectivity index (χ1n) is 6.83. The lowest BCUT2D eigenvalue weighted by Crippen LogP contribution is -2.27. The van der Waals surface area contributed by atoms with Crippen LogP contribution in [0.15, 0.2) is 36.4 Å². The van der Waals surface area contributed by atoms with Gasteiger partial charge in [0, 0.05) is 11.1 Å². The van der Waals surface area contributed by atoms with Crippen LogP contribution in [0.25, 0.3) is 0 Å². The first kappa shape index (κ1) is 15.9. The van der Waals surface area contributed by atoms with Crippen LogP contribution in [0, 0.1) is 18.6 Å². The molecule has 0 heterocycles. The van der Waals surface area contributed by atoms with Crippen LogP contribution in [0.2, 0.25) is 0 Å². The summed E-state index contributed by atoms with van der Waals surface area (Å²) in [6, 6.07) is 8.36. The smallest absolute Gasteiger partial charge is 0.251 e. The van der Waals surface area contributed by atoms with Crippen molar-refractivity contribution in [1.82, 2.24) is 5.32 Å². The number of carbonyl (C=O) groups excluding carboxylic acids is 1. The standard InChI is InChI=1S/C17H17F2NO2/c1-10-4-7-16(22-3)13(8-10)11(2)20-17(21)12-5-6-14(18)15(19)9-12/h4-9,11H,1-3H3,(H,20,21)/t11-/m1/s1. The zero-order valence-corrected chi connectivity index (χ0v) is 12.6. The molecular formula is C17H17F2NO2. The molecule has 5 heteroatoms. The summed E-state index contributed by atoms with van der Waals surface area (Å²) in [7, 11) is 1.55. The van der Waals surface area contributed by atoms with Crippen molar-refractivity contribution in [2.45, 2.75) is 19.9 Å². The van der Waals surface area contributed by atoms with Crippen LogP contribution in [0.5, 0.6) is 5.75 Å². The number of carbonyl (C=O) groups is 1. The zero-order chi connectivity index (χ0) is 16.3. The minimum Gasteiger partial charge on any atom is -0.496 e. The molecule has 0 bridgehead atoms. The summed E-state index contributed by atoms with van der Waals surface area (Å²) in [5, 5.41) is 2.75. The number of hydrogen-bond donors (Lipinski definition) is 1. The van der Waals surface area contributed by atoms with Crippen LogP contribution in [0.4, 0.5) is 8.78 Å². The summed E-state index contributed by atoms with van der Waals surface area (Å²) in [5.41, 5.74) is 1.92. The predicted octanol–water partition coefficient (Wildman–Crippen LogP) is 3.77. The van der Waals surface area contributed by atoms with Gasteiger partial charge in [0.1, 0.15) is 5.75 Å². The van der Waals surface area contributed by atoms with Gasteiger partial charge in [0.25, 0.3) is 5.91 Å². The highest BCUT2D eigenvalue weighted by molar-refractivity contribution is 5.94. The van der Waals surface area contributed by atoms with Gasteiger partial charge in [-0.25, -0.2) is 8.78 Å². The molecule has 0 saturated carbocycles. The van der Waals surface area contributed by atoms with Crippen molar-refractivity contribution in [3.63, 3.8) is 0 Å². The SMILES string of the molecule is COc1ccc(C)cc1[C@@H](C)NC(=O)c1ccc(F)c(F)c1. The maximum absolute atomic E-state index is 13.2. The summed E-state index contributed by atoms with van der Waals surface area (Å²) in [4.78, 5) is 12.1. The molecule has 116 valence electrons. The molecule has 2 rings (SSSR count). The lowest BCUT2D eigenvalue weighted by Gasteiger charge is -2.18. The van der Waals surface area contributed by atoms with Crippen LogP contribution in [-0.2, 0) is 0 Å². The van der Waals surface area contributed by atoms with E-state index < -0.39 is 17.5 Å². The number of hydrogen-bond acceptors (Lipinski definition) is 2. The highest BCUT2D eigenvalue weighted by Crippen LogP contribution is 2.26. The molecule has 1 N–H and O–H groups in total. The van der Waals surface area contributed by atoms with E-state index in [2.05, 4.69) is 5.32 Å². The molecule has 0 saturated heterocycles. The number of ether oxygens (including phenoxy) is 1. The lowest BCUT2D eigenvalue weighted by atomic mass is 10.0. The minimum absolute atomic E-state index is 0.0670. The molecule has 0 aliphatic heterocycles. The Labute approximate surface area is 127 Å². The number of amides is 1. The average Bonchev–Trinajstić information content (AvgIpc) is 2.49. The second kappa shape index (κ2) is 6.56. The van der Waals surface area contributed by atoms with E-state index >= 15 is 0 Å². The van der Waals surface area contributed by atoms with Crippen LogP contribution in [0.3, 0.4) is 0 Å². The second-order valence-electron chi connectivity index (χ2n) is 5.07. The molecule has 1 amide bonds. The Hall–Kier alpha value is -2.43. The van der Waals surface area contributed by atoms with Crippen LogP contribution < -0.4 is 10.1 Å². The molecule has 2 aromatic carbocycles. The third-order valence-electron chi connectivity index (χ3n) is 3.38. The number of rotatable bonds is 4. The van der Waals surface area contributed by atoms with Gasteiger partial charge in [-0.1, -0.05) is 17.7 Å². The van der Waals surface area contributed by atoms with E-state index in [4.69, 9.17) is 4.74 Å². The third kappa shape index (κ3) is 3.42. The Bertz CT molecular complexity index is 701. The molecule has 3 nitrogen and oxygen atoms in total. The molecule has 0 fully saturated rings. The number of aryl methyl sites for hydroxylation is 1. The maximum atomic E-state index is 13.2. The average molecular weight is 305 g/mol. The topological polar surface area (TPSA) is 38.3 Å². The molecule has 22 heavy (non-hydrogen) atoms. The van der Waals surface area contributed by atoms with E-state index in [0.29, 0.717) is 5.75 Å². The molecule has 0 aromatic heterocycles. The Balaban J connectivity index is 2.21. The Morgan fingerprint density at radius 3 is 2.50 bits per heavy atom. The van der Waals surface area contributed by atoms with Crippen LogP contribution >= 0.6 is 0 Å². The van der Waals surface area contributed by atoms with Crippen molar-refractivity contribution in [3.8, 4) is 5.75 Å². The molecule has 0 spiro atoms. The van der Waals surface area contributed by atoms with E-state index in [-0.39, 0.29) is 11.6 Å². The van der Waals surface area contributed by atoms with Crippen molar-refractivity contribution in [3.05, 3.63) is 64.7 Å². The summed E-state index contributed by atoms with van der Waals surface area (Å²) in [5.74, 6) is -1.85. The van der Waals surface area contributed by atoms with Crippen molar-refractivity contribution in [1.29, 1.82) is 0 Å². The lowest BCUT2D eigenvalue weighted by molar-refractivity contribution is 0.0939. The number of halogens is 2. The highest BCUT2D eigenvalue weighted by atomic mass is 19.2. The van der Waals surface area contributed by atoms with Gasteiger partial charge >= 0.3 is 0 Å². The monoisotopic (exact) mass is 305 g/mol. The molecule has 0 aliphatic carbocycles. The molecule has 0 radical (unpaired) electrons. The van der Waals surface area contributed by atoms with E-state index in [0.717, 1.165) is 23.3 Å². The van der Waals surface area contributed by atoms with Crippen molar-refractivity contribution < 1.29 is 18.3 Å². The zero-order valence-electron chi connectivity index (χ0n) is 12.6. The summed E-state index contributed by atoms with van der Waals surface area (Å²) in [6.45, 7) is 3.74. The fraction of sp³-hybridized carbons (Fsp3) is 0.235. The Morgan fingerprint density at radius 2 is 1.86 bits per heavy atom. The molecular weight excluding hydrogens is 288 g/mol. The second-order valence-corrected chi connectivity index (χ2v) is 5.07. The Morgan fingerprint density at radius 1 is 1.14 bits per heavy atom. The van der Waals surface area contributed by atoms with Crippen molar-refractivity contribution in [2.24, 2.45) is 0 Å². The molecule has 0 aliphatic rings. The predicted molar refractivity (Wildman–Crippen MR) is 80.0 cm³/mol. The number of nitrogens with one attached hydrogen (secondary N) is 1. The van der Waals surface area contributed by atoms with E-state index in [1.54, 1.807) is 14.0 Å². The Kier molecular flexibility index (Phi) is 4.75.